The van der Waals surface area contributed by atoms with Crippen LogP contribution >= 0.6 is 11.3 Å². The van der Waals surface area contributed by atoms with Crippen molar-refractivity contribution in [2.24, 2.45) is 5.73 Å². The van der Waals surface area contributed by atoms with Crippen molar-refractivity contribution in [3.63, 3.8) is 0 Å². The van der Waals surface area contributed by atoms with Crippen LogP contribution in [0.4, 0.5) is 13.2 Å². The fourth-order valence-electron chi connectivity index (χ4n) is 1.67. The standard InChI is InChI=1S/C13H17F3N2S/c1-2-8-18(10-13(14,15)16)9-12-6-5-11(19-12)4-3-7-17/h5-6H,2,7-10,17H2,1H3. The van der Waals surface area contributed by atoms with Gasteiger partial charge < -0.3 is 5.73 Å². The Kier molecular flexibility index (Phi) is 6.35. The molecule has 0 spiro atoms. The summed E-state index contributed by atoms with van der Waals surface area (Å²) in [5.74, 6) is 5.61. The molecule has 1 aromatic heterocycles. The molecule has 0 aliphatic carbocycles. The summed E-state index contributed by atoms with van der Waals surface area (Å²) in [7, 11) is 0. The Morgan fingerprint density at radius 2 is 2.11 bits per heavy atom. The van der Waals surface area contributed by atoms with Gasteiger partial charge in [-0.3, -0.25) is 4.90 Å². The second kappa shape index (κ2) is 7.53. The van der Waals surface area contributed by atoms with E-state index in [1.165, 1.54) is 16.2 Å². The lowest BCUT2D eigenvalue weighted by atomic mass is 10.3. The molecule has 19 heavy (non-hydrogen) atoms. The smallest absolute Gasteiger partial charge is 0.320 e. The molecular formula is C13H17F3N2S. The van der Waals surface area contributed by atoms with Gasteiger partial charge in [0.25, 0.3) is 0 Å². The maximum Gasteiger partial charge on any atom is 0.401 e. The molecule has 0 aliphatic rings. The Balaban J connectivity index is 2.65. The lowest BCUT2D eigenvalue weighted by Gasteiger charge is -2.22. The van der Waals surface area contributed by atoms with Crippen molar-refractivity contribution in [1.82, 2.24) is 4.90 Å². The predicted molar refractivity (Wildman–Crippen MR) is 71.9 cm³/mol. The highest BCUT2D eigenvalue weighted by atomic mass is 32.1. The van der Waals surface area contributed by atoms with Crippen LogP contribution in [0.1, 0.15) is 23.1 Å². The van der Waals surface area contributed by atoms with Gasteiger partial charge in [-0.1, -0.05) is 18.8 Å². The van der Waals surface area contributed by atoms with Crippen molar-refractivity contribution >= 4 is 11.3 Å². The summed E-state index contributed by atoms with van der Waals surface area (Å²) in [5.41, 5.74) is 5.27. The van der Waals surface area contributed by atoms with Crippen LogP contribution in [0, 0.1) is 11.8 Å². The minimum Gasteiger partial charge on any atom is -0.320 e. The summed E-state index contributed by atoms with van der Waals surface area (Å²) in [6.07, 6.45) is -3.46. The quantitative estimate of drug-likeness (QED) is 0.845. The minimum absolute atomic E-state index is 0.281. The molecule has 6 heteroatoms. The van der Waals surface area contributed by atoms with Crippen molar-refractivity contribution < 1.29 is 13.2 Å². The third kappa shape index (κ3) is 6.62. The van der Waals surface area contributed by atoms with Crippen molar-refractivity contribution in [1.29, 1.82) is 0 Å². The first-order valence-corrected chi connectivity index (χ1v) is 6.83. The molecule has 0 amide bonds. The second-order valence-electron chi connectivity index (χ2n) is 4.10. The van der Waals surface area contributed by atoms with E-state index in [9.17, 15) is 13.2 Å². The topological polar surface area (TPSA) is 29.3 Å². The van der Waals surface area contributed by atoms with E-state index in [4.69, 9.17) is 5.73 Å². The zero-order valence-electron chi connectivity index (χ0n) is 10.8. The first kappa shape index (κ1) is 16.0. The van der Waals surface area contributed by atoms with Crippen molar-refractivity contribution in [2.75, 3.05) is 19.6 Å². The molecule has 0 radical (unpaired) electrons. The average Bonchev–Trinajstić information content (AvgIpc) is 2.72. The number of alkyl halides is 3. The largest absolute Gasteiger partial charge is 0.401 e. The molecule has 0 atom stereocenters. The van der Waals surface area contributed by atoms with E-state index in [1.54, 1.807) is 0 Å². The second-order valence-corrected chi connectivity index (χ2v) is 5.27. The Morgan fingerprint density at radius 3 is 2.68 bits per heavy atom. The molecule has 0 fully saturated rings. The van der Waals surface area contributed by atoms with Crippen LogP contribution in [0.3, 0.4) is 0 Å². The van der Waals surface area contributed by atoms with E-state index in [0.29, 0.717) is 19.5 Å². The first-order chi connectivity index (χ1) is 8.94. The monoisotopic (exact) mass is 290 g/mol. The molecule has 0 bridgehead atoms. The molecule has 1 heterocycles. The van der Waals surface area contributed by atoms with E-state index >= 15 is 0 Å². The van der Waals surface area contributed by atoms with Gasteiger partial charge in [0.1, 0.15) is 0 Å². The fraction of sp³-hybridized carbons (Fsp3) is 0.538. The third-order valence-electron chi connectivity index (χ3n) is 2.30. The van der Waals surface area contributed by atoms with Crippen LogP contribution in [-0.4, -0.2) is 30.7 Å². The lowest BCUT2D eigenvalue weighted by Crippen LogP contribution is -2.34. The summed E-state index contributed by atoms with van der Waals surface area (Å²) < 4.78 is 37.3. The van der Waals surface area contributed by atoms with Crippen LogP contribution in [0.15, 0.2) is 12.1 Å². The van der Waals surface area contributed by atoms with Crippen LogP contribution in [0.5, 0.6) is 0 Å². The zero-order chi connectivity index (χ0) is 14.3. The maximum atomic E-state index is 12.4. The molecule has 2 nitrogen and oxygen atoms in total. The first-order valence-electron chi connectivity index (χ1n) is 6.01. The van der Waals surface area contributed by atoms with Crippen molar-refractivity contribution in [3.05, 3.63) is 21.9 Å². The summed E-state index contributed by atoms with van der Waals surface area (Å²) in [4.78, 5) is 3.13. The molecule has 1 aromatic rings. The van der Waals surface area contributed by atoms with Gasteiger partial charge >= 0.3 is 6.18 Å². The summed E-state index contributed by atoms with van der Waals surface area (Å²) >= 11 is 1.41. The van der Waals surface area contributed by atoms with Gasteiger partial charge in [-0.05, 0) is 25.1 Å². The molecule has 0 aliphatic heterocycles. The van der Waals surface area contributed by atoms with Gasteiger partial charge in [-0.25, -0.2) is 0 Å². The maximum absolute atomic E-state index is 12.4. The molecule has 106 valence electrons. The Morgan fingerprint density at radius 1 is 1.37 bits per heavy atom. The van der Waals surface area contributed by atoms with E-state index in [2.05, 4.69) is 11.8 Å². The number of halogens is 3. The van der Waals surface area contributed by atoms with Crippen LogP contribution in [0.25, 0.3) is 0 Å². The van der Waals surface area contributed by atoms with Crippen molar-refractivity contribution in [3.8, 4) is 11.8 Å². The van der Waals surface area contributed by atoms with Gasteiger partial charge in [0.05, 0.1) is 18.0 Å². The average molecular weight is 290 g/mol. The Labute approximate surface area is 115 Å². The van der Waals surface area contributed by atoms with E-state index in [-0.39, 0.29) is 6.54 Å². The SMILES string of the molecule is CCCN(Cc1ccc(C#CCN)s1)CC(F)(F)F. The highest BCUT2D eigenvalue weighted by Gasteiger charge is 2.30. The number of thiophene rings is 1. The van der Waals surface area contributed by atoms with Gasteiger partial charge in [0, 0.05) is 11.4 Å². The number of rotatable bonds is 5. The Hall–Kier alpha value is -1.03. The van der Waals surface area contributed by atoms with Gasteiger partial charge in [0.15, 0.2) is 0 Å². The molecule has 1 rings (SSSR count). The molecule has 0 aromatic carbocycles. The molecule has 2 N–H and O–H groups in total. The lowest BCUT2D eigenvalue weighted by molar-refractivity contribution is -0.147. The molecule has 0 saturated heterocycles. The van der Waals surface area contributed by atoms with Gasteiger partial charge in [-0.15, -0.1) is 11.3 Å². The van der Waals surface area contributed by atoms with E-state index in [0.717, 1.165) is 9.75 Å². The summed E-state index contributed by atoms with van der Waals surface area (Å²) in [6, 6.07) is 3.64. The number of nitrogens with two attached hydrogens (primary N) is 1. The van der Waals surface area contributed by atoms with Crippen molar-refractivity contribution in [2.45, 2.75) is 26.1 Å². The number of nitrogens with zero attached hydrogens (tertiary/aromatic N) is 1. The van der Waals surface area contributed by atoms with Gasteiger partial charge in [-0.2, -0.15) is 13.2 Å². The molecule has 0 saturated carbocycles. The normalized spacial score (nSPS) is 11.5. The van der Waals surface area contributed by atoms with Crippen LogP contribution in [-0.2, 0) is 6.54 Å². The molecular weight excluding hydrogens is 273 g/mol. The highest BCUT2D eigenvalue weighted by Crippen LogP contribution is 2.21. The summed E-state index contributed by atoms with van der Waals surface area (Å²) in [6.45, 7) is 2.02. The number of hydrogen-bond acceptors (Lipinski definition) is 3. The Bertz CT molecular complexity index is 443. The van der Waals surface area contributed by atoms with E-state index in [1.807, 2.05) is 19.1 Å². The zero-order valence-corrected chi connectivity index (χ0v) is 11.6. The van der Waals surface area contributed by atoms with Gasteiger partial charge in [0.2, 0.25) is 0 Å². The molecule has 0 unspecified atom stereocenters. The fourth-order valence-corrected chi connectivity index (χ4v) is 2.60. The minimum atomic E-state index is -4.16. The predicted octanol–water partition coefficient (Wildman–Crippen LogP) is 2.83. The van der Waals surface area contributed by atoms with Crippen LogP contribution < -0.4 is 5.73 Å². The number of hydrogen-bond donors (Lipinski definition) is 1. The highest BCUT2D eigenvalue weighted by molar-refractivity contribution is 7.12. The van der Waals surface area contributed by atoms with E-state index < -0.39 is 12.7 Å². The third-order valence-corrected chi connectivity index (χ3v) is 3.28. The summed E-state index contributed by atoms with van der Waals surface area (Å²) in [5, 5.41) is 0. The van der Waals surface area contributed by atoms with Crippen LogP contribution in [0.2, 0.25) is 0 Å².